The van der Waals surface area contributed by atoms with E-state index in [2.05, 4.69) is 43.4 Å². The number of phenols is 1. The summed E-state index contributed by atoms with van der Waals surface area (Å²) in [6.45, 7) is 5.41. The van der Waals surface area contributed by atoms with Gasteiger partial charge in [-0.2, -0.15) is 0 Å². The van der Waals surface area contributed by atoms with Crippen LogP contribution in [0.15, 0.2) is 54.6 Å². The molecule has 0 fully saturated rings. The molecule has 2 nitrogen and oxygen atoms in total. The van der Waals surface area contributed by atoms with E-state index in [0.29, 0.717) is 5.75 Å². The third kappa shape index (κ3) is 7.14. The van der Waals surface area contributed by atoms with Crippen LogP contribution < -0.4 is 5.32 Å². The van der Waals surface area contributed by atoms with Crippen molar-refractivity contribution in [1.29, 1.82) is 0 Å². The number of para-hydroxylation sites is 1. The van der Waals surface area contributed by atoms with Crippen molar-refractivity contribution >= 4 is 5.69 Å². The number of aryl methyl sites for hydroxylation is 1. The predicted molar refractivity (Wildman–Crippen MR) is 82.7 cm³/mol. The van der Waals surface area contributed by atoms with E-state index >= 15 is 0 Å². The number of hydrogen-bond donors (Lipinski definition) is 2. The van der Waals surface area contributed by atoms with Crippen molar-refractivity contribution in [3.63, 3.8) is 0 Å². The Bertz CT molecular complexity index is 454. The number of unbranched alkanes of at least 4 members (excludes halogenated alkanes) is 1. The van der Waals surface area contributed by atoms with Gasteiger partial charge in [0.2, 0.25) is 0 Å². The predicted octanol–water partition coefficient (Wildman–Crippen LogP) is 4.60. The first-order valence-corrected chi connectivity index (χ1v) is 6.77. The van der Waals surface area contributed by atoms with Gasteiger partial charge >= 0.3 is 0 Å². The molecule has 0 unspecified atom stereocenters. The standard InChI is InChI=1S/C11H17N.C6H6O/c1-3-4-8-12-11-7-5-6-10(2)9-11;7-6-4-2-1-3-5-6/h5-7,9,12H,3-4,8H2,1-2H3;1-5,7H. The molecule has 0 aliphatic heterocycles. The van der Waals surface area contributed by atoms with Crippen molar-refractivity contribution in [2.75, 3.05) is 11.9 Å². The lowest BCUT2D eigenvalue weighted by Gasteiger charge is -2.05. The second-order valence-electron chi connectivity index (χ2n) is 4.49. The summed E-state index contributed by atoms with van der Waals surface area (Å²) in [6, 6.07) is 17.2. The van der Waals surface area contributed by atoms with Crippen LogP contribution in [0.5, 0.6) is 5.75 Å². The molecule has 0 spiro atoms. The second-order valence-corrected chi connectivity index (χ2v) is 4.49. The Kier molecular flexibility index (Phi) is 7.18. The van der Waals surface area contributed by atoms with Crippen LogP contribution >= 0.6 is 0 Å². The molecule has 0 bridgehead atoms. The highest BCUT2D eigenvalue weighted by atomic mass is 16.3. The number of anilines is 1. The molecule has 0 saturated carbocycles. The zero-order valence-electron chi connectivity index (χ0n) is 11.8. The molecular weight excluding hydrogens is 234 g/mol. The summed E-state index contributed by atoms with van der Waals surface area (Å²) >= 11 is 0. The molecule has 2 N–H and O–H groups in total. The number of phenolic OH excluding ortho intramolecular Hbond substituents is 1. The van der Waals surface area contributed by atoms with Gasteiger partial charge in [0, 0.05) is 12.2 Å². The summed E-state index contributed by atoms with van der Waals surface area (Å²) in [6.07, 6.45) is 2.49. The molecule has 2 aromatic rings. The minimum atomic E-state index is 0.322. The summed E-state index contributed by atoms with van der Waals surface area (Å²) in [7, 11) is 0. The normalized spacial score (nSPS) is 9.37. The average molecular weight is 257 g/mol. The average Bonchev–Trinajstić information content (AvgIpc) is 2.41. The molecule has 2 aromatic carbocycles. The van der Waals surface area contributed by atoms with Crippen LogP contribution in [-0.2, 0) is 0 Å². The van der Waals surface area contributed by atoms with E-state index in [-0.39, 0.29) is 0 Å². The summed E-state index contributed by atoms with van der Waals surface area (Å²) in [5.74, 6) is 0.322. The Labute approximate surface area is 116 Å². The smallest absolute Gasteiger partial charge is 0.115 e. The SMILES string of the molecule is CCCCNc1cccc(C)c1.Oc1ccccc1. The highest BCUT2D eigenvalue weighted by Crippen LogP contribution is 2.09. The number of benzene rings is 2. The van der Waals surface area contributed by atoms with Crippen molar-refractivity contribution in [2.45, 2.75) is 26.7 Å². The maximum Gasteiger partial charge on any atom is 0.115 e. The van der Waals surface area contributed by atoms with Crippen LogP contribution in [0.3, 0.4) is 0 Å². The van der Waals surface area contributed by atoms with Gasteiger partial charge in [-0.3, -0.25) is 0 Å². The molecule has 0 heterocycles. The minimum Gasteiger partial charge on any atom is -0.508 e. The van der Waals surface area contributed by atoms with Crippen LogP contribution in [0.2, 0.25) is 0 Å². The van der Waals surface area contributed by atoms with E-state index in [9.17, 15) is 0 Å². The number of rotatable bonds is 4. The van der Waals surface area contributed by atoms with Crippen LogP contribution in [-0.4, -0.2) is 11.7 Å². The minimum absolute atomic E-state index is 0.322. The summed E-state index contributed by atoms with van der Waals surface area (Å²) in [5, 5.41) is 12.0. The fourth-order valence-electron chi connectivity index (χ4n) is 1.59. The second kappa shape index (κ2) is 9.03. The molecule has 0 amide bonds. The van der Waals surface area contributed by atoms with Crippen molar-refractivity contribution < 1.29 is 5.11 Å². The Morgan fingerprint density at radius 2 is 1.74 bits per heavy atom. The lowest BCUT2D eigenvalue weighted by Crippen LogP contribution is -2.00. The summed E-state index contributed by atoms with van der Waals surface area (Å²) < 4.78 is 0. The first-order chi connectivity index (χ1) is 9.22. The Balaban J connectivity index is 0.000000218. The highest BCUT2D eigenvalue weighted by molar-refractivity contribution is 5.45. The third-order valence-electron chi connectivity index (χ3n) is 2.63. The van der Waals surface area contributed by atoms with Gasteiger partial charge in [0.05, 0.1) is 0 Å². The Morgan fingerprint density at radius 1 is 1.00 bits per heavy atom. The van der Waals surface area contributed by atoms with Crippen LogP contribution in [0, 0.1) is 6.92 Å². The Morgan fingerprint density at radius 3 is 2.26 bits per heavy atom. The molecule has 0 saturated heterocycles. The lowest BCUT2D eigenvalue weighted by atomic mass is 10.2. The van der Waals surface area contributed by atoms with Gasteiger partial charge in [0.25, 0.3) is 0 Å². The molecule has 0 radical (unpaired) electrons. The van der Waals surface area contributed by atoms with Crippen LogP contribution in [0.25, 0.3) is 0 Å². The maximum absolute atomic E-state index is 8.63. The van der Waals surface area contributed by atoms with E-state index in [1.165, 1.54) is 24.1 Å². The fourth-order valence-corrected chi connectivity index (χ4v) is 1.59. The first kappa shape index (κ1) is 15.1. The van der Waals surface area contributed by atoms with Crippen molar-refractivity contribution in [1.82, 2.24) is 0 Å². The molecule has 19 heavy (non-hydrogen) atoms. The molecule has 2 rings (SSSR count). The summed E-state index contributed by atoms with van der Waals surface area (Å²) in [4.78, 5) is 0. The fraction of sp³-hybridized carbons (Fsp3) is 0.294. The van der Waals surface area contributed by atoms with E-state index in [0.717, 1.165) is 6.54 Å². The van der Waals surface area contributed by atoms with Crippen LogP contribution in [0.1, 0.15) is 25.3 Å². The third-order valence-corrected chi connectivity index (χ3v) is 2.63. The van der Waals surface area contributed by atoms with Crippen molar-refractivity contribution in [3.05, 3.63) is 60.2 Å². The van der Waals surface area contributed by atoms with Crippen LogP contribution in [0.4, 0.5) is 5.69 Å². The Hall–Kier alpha value is -1.96. The van der Waals surface area contributed by atoms with E-state index in [1.807, 2.05) is 6.07 Å². The summed E-state index contributed by atoms with van der Waals surface area (Å²) in [5.41, 5.74) is 2.56. The van der Waals surface area contributed by atoms with Gasteiger partial charge in [0.15, 0.2) is 0 Å². The van der Waals surface area contributed by atoms with Crippen molar-refractivity contribution in [3.8, 4) is 5.75 Å². The molecule has 0 atom stereocenters. The monoisotopic (exact) mass is 257 g/mol. The quantitative estimate of drug-likeness (QED) is 0.785. The lowest BCUT2D eigenvalue weighted by molar-refractivity contribution is 0.475. The largest absolute Gasteiger partial charge is 0.508 e. The molecular formula is C17H23NO. The molecule has 0 aliphatic carbocycles. The van der Waals surface area contributed by atoms with E-state index < -0.39 is 0 Å². The van der Waals surface area contributed by atoms with E-state index in [1.54, 1.807) is 24.3 Å². The van der Waals surface area contributed by atoms with Gasteiger partial charge in [0.1, 0.15) is 5.75 Å². The highest BCUT2D eigenvalue weighted by Gasteiger charge is 1.89. The van der Waals surface area contributed by atoms with Gasteiger partial charge in [-0.25, -0.2) is 0 Å². The topological polar surface area (TPSA) is 32.3 Å². The zero-order chi connectivity index (χ0) is 13.9. The van der Waals surface area contributed by atoms with Gasteiger partial charge in [-0.05, 0) is 43.2 Å². The van der Waals surface area contributed by atoms with Gasteiger partial charge < -0.3 is 10.4 Å². The zero-order valence-corrected chi connectivity index (χ0v) is 11.8. The van der Waals surface area contributed by atoms with Gasteiger partial charge in [-0.15, -0.1) is 0 Å². The van der Waals surface area contributed by atoms with E-state index in [4.69, 9.17) is 5.11 Å². The molecule has 102 valence electrons. The van der Waals surface area contributed by atoms with Gasteiger partial charge in [-0.1, -0.05) is 43.7 Å². The first-order valence-electron chi connectivity index (χ1n) is 6.77. The van der Waals surface area contributed by atoms with Crippen molar-refractivity contribution in [2.24, 2.45) is 0 Å². The molecule has 2 heteroatoms. The number of nitrogens with one attached hydrogen (secondary N) is 1. The maximum atomic E-state index is 8.63. The number of hydrogen-bond acceptors (Lipinski definition) is 2. The molecule has 0 aliphatic rings. The number of aromatic hydroxyl groups is 1. The molecule has 0 aromatic heterocycles.